The lowest BCUT2D eigenvalue weighted by atomic mass is 9.82. The van der Waals surface area contributed by atoms with Crippen LogP contribution in [0.3, 0.4) is 0 Å². The van der Waals surface area contributed by atoms with Crippen LogP contribution in [-0.4, -0.2) is 19.5 Å². The fourth-order valence-electron chi connectivity index (χ4n) is 9.41. The minimum atomic E-state index is -0.106. The van der Waals surface area contributed by atoms with Gasteiger partial charge in [0.1, 0.15) is 0 Å². The summed E-state index contributed by atoms with van der Waals surface area (Å²) in [4.78, 5) is 15.7. The number of benzene rings is 8. The van der Waals surface area contributed by atoms with Gasteiger partial charge in [0, 0.05) is 58.6 Å². The first-order chi connectivity index (χ1) is 29.0. The van der Waals surface area contributed by atoms with E-state index in [1.165, 1.54) is 58.7 Å². The topological polar surface area (TPSA) is 43.6 Å². The zero-order chi connectivity index (χ0) is 39.2. The molecule has 0 unspecified atom stereocenters. The Bertz CT molecular complexity index is 3470. The van der Waals surface area contributed by atoms with Gasteiger partial charge in [-0.1, -0.05) is 159 Å². The molecule has 12 rings (SSSR count). The molecule has 0 spiro atoms. The fourth-order valence-corrected chi connectivity index (χ4v) is 10.6. The summed E-state index contributed by atoms with van der Waals surface area (Å²) < 4.78 is 4.88. The molecule has 0 saturated carbocycles. The molecule has 3 heterocycles. The summed E-state index contributed by atoms with van der Waals surface area (Å²) in [5.74, 6) is 1.93. The number of hydrogen-bond acceptors (Lipinski definition) is 4. The van der Waals surface area contributed by atoms with Gasteiger partial charge in [0.25, 0.3) is 0 Å². The molecule has 0 atom stereocenters. The van der Waals surface area contributed by atoms with Crippen molar-refractivity contribution < 1.29 is 0 Å². The predicted molar refractivity (Wildman–Crippen MR) is 246 cm³/mol. The lowest BCUT2D eigenvalue weighted by Crippen LogP contribution is -2.14. The monoisotopic (exact) mass is 772 g/mol. The number of hydrogen-bond donors (Lipinski definition) is 0. The van der Waals surface area contributed by atoms with E-state index in [9.17, 15) is 0 Å². The average Bonchev–Trinajstić information content (AvgIpc) is 3.91. The maximum absolute atomic E-state index is 5.33. The van der Waals surface area contributed by atoms with E-state index in [0.717, 1.165) is 39.0 Å². The zero-order valence-electron chi connectivity index (χ0n) is 32.5. The number of para-hydroxylation sites is 1. The zero-order valence-corrected chi connectivity index (χ0v) is 33.3. The van der Waals surface area contributed by atoms with Gasteiger partial charge < -0.3 is 4.57 Å². The van der Waals surface area contributed by atoms with Crippen LogP contribution in [0.15, 0.2) is 182 Å². The fraction of sp³-hybridized carbons (Fsp3) is 0.0556. The van der Waals surface area contributed by atoms with Gasteiger partial charge in [-0.15, -0.1) is 11.3 Å². The summed E-state index contributed by atoms with van der Waals surface area (Å²) in [7, 11) is 0. The summed E-state index contributed by atoms with van der Waals surface area (Å²) in [5.41, 5.74) is 13.8. The lowest BCUT2D eigenvalue weighted by Gasteiger charge is -2.21. The molecule has 0 radical (unpaired) electrons. The minimum absolute atomic E-state index is 0.106. The van der Waals surface area contributed by atoms with Crippen molar-refractivity contribution in [1.29, 1.82) is 0 Å². The molecule has 0 aliphatic heterocycles. The summed E-state index contributed by atoms with van der Waals surface area (Å²) in [6.07, 6.45) is 0. The van der Waals surface area contributed by atoms with E-state index < -0.39 is 0 Å². The first kappa shape index (κ1) is 33.9. The number of nitrogens with zero attached hydrogens (tertiary/aromatic N) is 4. The summed E-state index contributed by atoms with van der Waals surface area (Å²) in [5, 5.41) is 4.93. The number of thiophene rings is 1. The summed E-state index contributed by atoms with van der Waals surface area (Å²) in [6, 6.07) is 65.3. The molecule has 0 bridgehead atoms. The Morgan fingerprint density at radius 2 is 1.05 bits per heavy atom. The van der Waals surface area contributed by atoms with Gasteiger partial charge in [0.2, 0.25) is 0 Å². The largest absolute Gasteiger partial charge is 0.309 e. The Balaban J connectivity index is 1.14. The van der Waals surface area contributed by atoms with Crippen molar-refractivity contribution in [2.24, 2.45) is 0 Å². The van der Waals surface area contributed by atoms with Crippen LogP contribution in [0.25, 0.3) is 104 Å². The van der Waals surface area contributed by atoms with E-state index in [4.69, 9.17) is 15.0 Å². The first-order valence-corrected chi connectivity index (χ1v) is 20.9. The second-order valence-corrected chi connectivity index (χ2v) is 17.0. The van der Waals surface area contributed by atoms with Gasteiger partial charge in [-0.25, -0.2) is 15.0 Å². The van der Waals surface area contributed by atoms with Crippen molar-refractivity contribution >= 4 is 53.3 Å². The van der Waals surface area contributed by atoms with Crippen LogP contribution in [0.5, 0.6) is 0 Å². The van der Waals surface area contributed by atoms with Crippen molar-refractivity contribution in [1.82, 2.24) is 19.5 Å². The van der Waals surface area contributed by atoms with Gasteiger partial charge in [0.15, 0.2) is 17.5 Å². The van der Waals surface area contributed by atoms with Crippen LogP contribution in [0.1, 0.15) is 25.0 Å². The maximum atomic E-state index is 5.33. The lowest BCUT2D eigenvalue weighted by molar-refractivity contribution is 0.661. The molecule has 1 aliphatic rings. The quantitative estimate of drug-likeness (QED) is 0.175. The van der Waals surface area contributed by atoms with E-state index in [1.807, 2.05) is 18.2 Å². The number of rotatable bonds is 5. The highest BCUT2D eigenvalue weighted by atomic mass is 32.1. The van der Waals surface area contributed by atoms with Crippen molar-refractivity contribution in [3.8, 4) is 62.1 Å². The normalized spacial score (nSPS) is 13.1. The van der Waals surface area contributed by atoms with Crippen molar-refractivity contribution in [2.75, 3.05) is 0 Å². The predicted octanol–water partition coefficient (Wildman–Crippen LogP) is 14.3. The van der Waals surface area contributed by atoms with Crippen molar-refractivity contribution in [2.45, 2.75) is 19.3 Å². The molecule has 0 N–H and O–H groups in total. The molecular formula is C54H36N4S. The van der Waals surface area contributed by atoms with Crippen LogP contribution in [0.2, 0.25) is 0 Å². The average molecular weight is 773 g/mol. The minimum Gasteiger partial charge on any atom is -0.309 e. The molecule has 0 fully saturated rings. The van der Waals surface area contributed by atoms with E-state index in [-0.39, 0.29) is 5.41 Å². The van der Waals surface area contributed by atoms with Crippen LogP contribution >= 0.6 is 11.3 Å². The van der Waals surface area contributed by atoms with Crippen LogP contribution < -0.4 is 0 Å². The standard InChI is InChI=1S/C54H36N4S/c1-54(2)44-25-12-9-20-37(44)42-32-48-43(31-45(42)54)38-21-10-13-26-46(38)58(48)47-30-35(28-29-36(47)33-16-5-3-6-17-33)52-55-51(34-18-7-4-8-19-34)56-53(57-52)41-24-15-23-40-39-22-11-14-27-49(39)59-50(40)41/h3-32H,1-2H3. The molecule has 8 aromatic carbocycles. The van der Waals surface area contributed by atoms with E-state index in [0.29, 0.717) is 17.5 Å². The third kappa shape index (κ3) is 5.18. The SMILES string of the molecule is CC1(C)c2ccccc2-c2cc3c(cc21)c1ccccc1n3-c1cc(-c2nc(-c3ccccc3)nc(-c3cccc4c3sc3ccccc34)n2)ccc1-c1ccccc1. The van der Waals surface area contributed by atoms with E-state index >= 15 is 0 Å². The molecule has 278 valence electrons. The van der Waals surface area contributed by atoms with Gasteiger partial charge in [-0.05, 0) is 64.2 Å². The third-order valence-electron chi connectivity index (χ3n) is 12.3. The summed E-state index contributed by atoms with van der Waals surface area (Å²) in [6.45, 7) is 4.71. The maximum Gasteiger partial charge on any atom is 0.165 e. The van der Waals surface area contributed by atoms with Crippen LogP contribution in [0, 0.1) is 0 Å². The number of fused-ring (bicyclic) bond motifs is 9. The van der Waals surface area contributed by atoms with E-state index in [1.54, 1.807) is 11.3 Å². The molecule has 4 nitrogen and oxygen atoms in total. The third-order valence-corrected chi connectivity index (χ3v) is 13.5. The Hall–Kier alpha value is -7.21. The van der Waals surface area contributed by atoms with Gasteiger partial charge in [-0.2, -0.15) is 0 Å². The van der Waals surface area contributed by atoms with Gasteiger partial charge in [-0.3, -0.25) is 0 Å². The van der Waals surface area contributed by atoms with Crippen molar-refractivity contribution in [3.63, 3.8) is 0 Å². The second-order valence-electron chi connectivity index (χ2n) is 16.0. The van der Waals surface area contributed by atoms with Crippen molar-refractivity contribution in [3.05, 3.63) is 193 Å². The number of aromatic nitrogens is 4. The molecule has 0 amide bonds. The van der Waals surface area contributed by atoms with Gasteiger partial charge in [0.05, 0.1) is 16.7 Å². The highest BCUT2D eigenvalue weighted by molar-refractivity contribution is 7.26. The molecular weight excluding hydrogens is 737 g/mol. The second kappa shape index (κ2) is 12.9. The molecule has 1 aliphatic carbocycles. The Morgan fingerprint density at radius 3 is 1.88 bits per heavy atom. The highest BCUT2D eigenvalue weighted by Crippen LogP contribution is 2.51. The molecule has 11 aromatic rings. The molecule has 0 saturated heterocycles. The Kier molecular flexibility index (Phi) is 7.41. The van der Waals surface area contributed by atoms with Crippen LogP contribution in [-0.2, 0) is 5.41 Å². The van der Waals surface area contributed by atoms with E-state index in [2.05, 4.69) is 182 Å². The van der Waals surface area contributed by atoms with Crippen LogP contribution in [0.4, 0.5) is 0 Å². The highest BCUT2D eigenvalue weighted by Gasteiger charge is 2.36. The summed E-state index contributed by atoms with van der Waals surface area (Å²) >= 11 is 1.79. The molecule has 5 heteroatoms. The Morgan fingerprint density at radius 1 is 0.407 bits per heavy atom. The van der Waals surface area contributed by atoms with Gasteiger partial charge >= 0.3 is 0 Å². The molecule has 59 heavy (non-hydrogen) atoms. The molecule has 3 aromatic heterocycles. The first-order valence-electron chi connectivity index (χ1n) is 20.1. The smallest absolute Gasteiger partial charge is 0.165 e. The Labute approximate surface area is 345 Å².